The van der Waals surface area contributed by atoms with Gasteiger partial charge in [0, 0.05) is 0 Å². The molecule has 0 saturated heterocycles. The van der Waals surface area contributed by atoms with Crippen molar-refractivity contribution in [2.24, 2.45) is 0 Å². The van der Waals surface area contributed by atoms with Crippen LogP contribution in [0.2, 0.25) is 0 Å². The zero-order valence-corrected chi connectivity index (χ0v) is 8.72. The summed E-state index contributed by atoms with van der Waals surface area (Å²) in [6.45, 7) is 8.72. The Hall–Kier alpha value is -0.780. The van der Waals surface area contributed by atoms with Crippen molar-refractivity contribution >= 4 is 0 Å². The highest BCUT2D eigenvalue weighted by molar-refractivity contribution is 5.25. The van der Waals surface area contributed by atoms with Gasteiger partial charge in [0.2, 0.25) is 0 Å². The minimum Gasteiger partial charge on any atom is -0.0654 e. The molecule has 1 aromatic carbocycles. The molecule has 1 unspecified atom stereocenters. The number of hydrogen-bond acceptors (Lipinski definition) is 0. The minimum absolute atomic E-state index is 0.0945. The molecule has 0 fully saturated rings. The lowest BCUT2D eigenvalue weighted by Gasteiger charge is -2.24. The van der Waals surface area contributed by atoms with E-state index in [2.05, 4.69) is 51.1 Å². The van der Waals surface area contributed by atoms with Gasteiger partial charge in [-0.2, -0.15) is 0 Å². The highest BCUT2D eigenvalue weighted by atomic mass is 14.2. The second-order valence-corrected chi connectivity index (χ2v) is 4.03. The van der Waals surface area contributed by atoms with Crippen LogP contribution in [-0.2, 0) is 5.41 Å². The van der Waals surface area contributed by atoms with Gasteiger partial charge in [0.15, 0.2) is 0 Å². The summed E-state index contributed by atoms with van der Waals surface area (Å²) in [6.07, 6.45) is 3.68. The average molecular weight is 175 g/mol. The third-order valence-electron chi connectivity index (χ3n) is 2.55. The van der Waals surface area contributed by atoms with Gasteiger partial charge in [-0.05, 0) is 24.3 Å². The molecule has 1 rings (SSSR count). The van der Waals surface area contributed by atoms with Gasteiger partial charge in [0.05, 0.1) is 0 Å². The Morgan fingerprint density at radius 3 is 2.38 bits per heavy atom. The molecule has 0 spiro atoms. The van der Waals surface area contributed by atoms with Crippen LogP contribution >= 0.6 is 0 Å². The molecule has 13 heavy (non-hydrogen) atoms. The van der Waals surface area contributed by atoms with Gasteiger partial charge >= 0.3 is 0 Å². The Bertz CT molecular complexity index is 233. The molecule has 0 nitrogen and oxygen atoms in total. The van der Waals surface area contributed by atoms with Gasteiger partial charge < -0.3 is 0 Å². The lowest BCUT2D eigenvalue weighted by atomic mass is 9.80. The summed E-state index contributed by atoms with van der Waals surface area (Å²) in [6, 6.07) is 10.6. The topological polar surface area (TPSA) is 0 Å². The summed E-state index contributed by atoms with van der Waals surface area (Å²) in [7, 11) is 0. The van der Waals surface area contributed by atoms with Crippen molar-refractivity contribution in [1.29, 1.82) is 0 Å². The van der Waals surface area contributed by atoms with Gasteiger partial charge in [-0.25, -0.2) is 0 Å². The van der Waals surface area contributed by atoms with E-state index in [4.69, 9.17) is 0 Å². The van der Waals surface area contributed by atoms with Crippen molar-refractivity contribution < 1.29 is 0 Å². The fraction of sp³-hybridized carbons (Fsp3) is 0.462. The maximum Gasteiger partial charge on any atom is -0.00749 e. The van der Waals surface area contributed by atoms with Crippen molar-refractivity contribution in [3.8, 4) is 0 Å². The quantitative estimate of drug-likeness (QED) is 0.649. The standard InChI is InChI=1S/C13H19/c1-4-5-11-13(2,3)12-9-7-6-8-10-12/h6-10H,2,4-5,11H2,1,3H3. The predicted octanol–water partition coefficient (Wildman–Crippen LogP) is 3.97. The van der Waals surface area contributed by atoms with Crippen LogP contribution in [0.25, 0.3) is 0 Å². The summed E-state index contributed by atoms with van der Waals surface area (Å²) in [4.78, 5) is 0. The molecule has 0 N–H and O–H groups in total. The van der Waals surface area contributed by atoms with Crippen molar-refractivity contribution in [3.05, 3.63) is 42.8 Å². The predicted molar refractivity (Wildman–Crippen MR) is 58.7 cm³/mol. The zero-order valence-electron chi connectivity index (χ0n) is 8.72. The fourth-order valence-electron chi connectivity index (χ4n) is 1.55. The first kappa shape index (κ1) is 10.3. The molecule has 0 aromatic heterocycles. The second kappa shape index (κ2) is 4.45. The van der Waals surface area contributed by atoms with Crippen LogP contribution in [0.5, 0.6) is 0 Å². The smallest absolute Gasteiger partial charge is 0.00749 e. The van der Waals surface area contributed by atoms with E-state index in [0.717, 1.165) is 0 Å². The Morgan fingerprint density at radius 2 is 1.85 bits per heavy atom. The second-order valence-electron chi connectivity index (χ2n) is 4.03. The SMILES string of the molecule is [CH2]C(C)(CCCC)c1ccccc1. The Labute approximate surface area is 82.0 Å². The lowest BCUT2D eigenvalue weighted by Crippen LogP contribution is -2.16. The molecule has 0 saturated carbocycles. The van der Waals surface area contributed by atoms with Crippen LogP contribution in [0, 0.1) is 6.92 Å². The van der Waals surface area contributed by atoms with E-state index < -0.39 is 0 Å². The highest BCUT2D eigenvalue weighted by Gasteiger charge is 2.18. The molecule has 0 aliphatic carbocycles. The third-order valence-corrected chi connectivity index (χ3v) is 2.55. The average Bonchev–Trinajstić information content (AvgIpc) is 2.16. The van der Waals surface area contributed by atoms with E-state index >= 15 is 0 Å². The van der Waals surface area contributed by atoms with Crippen molar-refractivity contribution in [2.45, 2.75) is 38.5 Å². The van der Waals surface area contributed by atoms with Gasteiger partial charge in [-0.15, -0.1) is 0 Å². The van der Waals surface area contributed by atoms with Gasteiger partial charge in [-0.3, -0.25) is 0 Å². The summed E-state index contributed by atoms with van der Waals surface area (Å²) < 4.78 is 0. The summed E-state index contributed by atoms with van der Waals surface area (Å²) in [5.41, 5.74) is 1.44. The summed E-state index contributed by atoms with van der Waals surface area (Å²) in [5.74, 6) is 0. The molecular weight excluding hydrogens is 156 g/mol. The van der Waals surface area contributed by atoms with Gasteiger partial charge in [0.25, 0.3) is 0 Å². The molecule has 0 bridgehead atoms. The highest BCUT2D eigenvalue weighted by Crippen LogP contribution is 2.27. The Balaban J connectivity index is 2.69. The zero-order chi connectivity index (χ0) is 9.73. The molecule has 0 heteroatoms. The minimum atomic E-state index is 0.0945. The van der Waals surface area contributed by atoms with E-state index in [-0.39, 0.29) is 5.41 Å². The Kier molecular flexibility index (Phi) is 3.53. The monoisotopic (exact) mass is 175 g/mol. The van der Waals surface area contributed by atoms with Crippen molar-refractivity contribution in [1.82, 2.24) is 0 Å². The maximum atomic E-state index is 4.28. The van der Waals surface area contributed by atoms with Gasteiger partial charge in [-0.1, -0.05) is 57.0 Å². The molecule has 0 amide bonds. The molecule has 1 aromatic rings. The lowest BCUT2D eigenvalue weighted by molar-refractivity contribution is 0.506. The van der Waals surface area contributed by atoms with Crippen LogP contribution in [0.1, 0.15) is 38.7 Å². The number of hydrogen-bond donors (Lipinski definition) is 0. The molecule has 0 aliphatic heterocycles. The van der Waals surface area contributed by atoms with E-state index in [1.165, 1.54) is 24.8 Å². The molecule has 1 atom stereocenters. The van der Waals surface area contributed by atoms with Crippen LogP contribution in [0.3, 0.4) is 0 Å². The number of unbranched alkanes of at least 4 members (excludes halogenated alkanes) is 1. The van der Waals surface area contributed by atoms with E-state index in [1.807, 2.05) is 0 Å². The summed E-state index contributed by atoms with van der Waals surface area (Å²) >= 11 is 0. The van der Waals surface area contributed by atoms with Crippen LogP contribution < -0.4 is 0 Å². The van der Waals surface area contributed by atoms with Crippen molar-refractivity contribution in [3.63, 3.8) is 0 Å². The Morgan fingerprint density at radius 1 is 1.23 bits per heavy atom. The number of rotatable bonds is 4. The number of benzene rings is 1. The largest absolute Gasteiger partial charge is 0.0654 e. The van der Waals surface area contributed by atoms with Gasteiger partial charge in [0.1, 0.15) is 0 Å². The molecule has 71 valence electrons. The van der Waals surface area contributed by atoms with E-state index in [9.17, 15) is 0 Å². The molecule has 0 heterocycles. The molecular formula is C13H19. The summed E-state index contributed by atoms with van der Waals surface area (Å²) in [5, 5.41) is 0. The fourth-order valence-corrected chi connectivity index (χ4v) is 1.55. The first-order valence-electron chi connectivity index (χ1n) is 5.07. The molecule has 1 radical (unpaired) electrons. The first-order chi connectivity index (χ1) is 6.17. The molecule has 0 aliphatic rings. The van der Waals surface area contributed by atoms with Crippen LogP contribution in [0.4, 0.5) is 0 Å². The van der Waals surface area contributed by atoms with Crippen LogP contribution in [0.15, 0.2) is 30.3 Å². The normalized spacial score (nSPS) is 11.6. The first-order valence-corrected chi connectivity index (χ1v) is 5.07. The van der Waals surface area contributed by atoms with Crippen molar-refractivity contribution in [2.75, 3.05) is 0 Å². The van der Waals surface area contributed by atoms with E-state index in [1.54, 1.807) is 0 Å². The third kappa shape index (κ3) is 2.87. The van der Waals surface area contributed by atoms with E-state index in [0.29, 0.717) is 0 Å². The maximum absolute atomic E-state index is 4.28. The van der Waals surface area contributed by atoms with Crippen LogP contribution in [-0.4, -0.2) is 0 Å².